The van der Waals surface area contributed by atoms with Gasteiger partial charge in [0.05, 0.1) is 6.20 Å². The van der Waals surface area contributed by atoms with Gasteiger partial charge in [-0.05, 0) is 34.7 Å². The van der Waals surface area contributed by atoms with E-state index in [1.54, 1.807) is 6.20 Å². The Labute approximate surface area is 61.7 Å². The summed E-state index contributed by atoms with van der Waals surface area (Å²) in [6.07, 6.45) is 1.61. The third kappa shape index (κ3) is 5.74. The van der Waals surface area contributed by atoms with Crippen LogP contribution in [0.25, 0.3) is 0 Å². The van der Waals surface area contributed by atoms with Gasteiger partial charge in [0, 0.05) is 10.3 Å². The van der Waals surface area contributed by atoms with Crippen molar-refractivity contribution in [3.05, 3.63) is 9.78 Å². The molecular weight excluding hydrogens is 217 g/mol. The van der Waals surface area contributed by atoms with Crippen molar-refractivity contribution in [2.75, 3.05) is 0 Å². The molecule has 0 aliphatic rings. The summed E-state index contributed by atoms with van der Waals surface area (Å²) in [6, 6.07) is 0. The van der Waals surface area contributed by atoms with Gasteiger partial charge in [-0.1, -0.05) is 0 Å². The van der Waals surface area contributed by atoms with Gasteiger partial charge >= 0.3 is 0 Å². The van der Waals surface area contributed by atoms with Crippen LogP contribution in [0.1, 0.15) is 6.92 Å². The highest BCUT2D eigenvalue weighted by Gasteiger charge is 1.70. The lowest BCUT2D eigenvalue weighted by Crippen LogP contribution is -1.51. The minimum atomic E-state index is 1.06. The molecule has 0 aromatic rings. The molecule has 0 bridgehead atoms. The predicted octanol–water partition coefficient (Wildman–Crippen LogP) is 2.35. The first-order valence-corrected chi connectivity index (χ1v) is 3.03. The van der Waals surface area contributed by atoms with E-state index in [-0.39, 0.29) is 0 Å². The molecule has 0 atom stereocenters. The topological polar surface area (TPSA) is 37.1 Å². The van der Waals surface area contributed by atoms with Crippen molar-refractivity contribution in [2.24, 2.45) is 15.4 Å². The second-order valence-corrected chi connectivity index (χ2v) is 2.76. The first-order valence-electron chi connectivity index (χ1n) is 1.95. The van der Waals surface area contributed by atoms with Crippen LogP contribution in [-0.2, 0) is 0 Å². The Bertz CT molecular complexity index is 123. The number of nitrogens with zero attached hydrogens (tertiary/aromatic N) is 3. The zero-order valence-electron chi connectivity index (χ0n) is 4.50. The van der Waals surface area contributed by atoms with Crippen LogP contribution in [0, 0.1) is 0 Å². The van der Waals surface area contributed by atoms with Crippen molar-refractivity contribution in [1.82, 2.24) is 0 Å². The van der Waals surface area contributed by atoms with Gasteiger partial charge < -0.3 is 0 Å². The molecule has 0 aromatic carbocycles. The molecule has 0 aliphatic heterocycles. The highest BCUT2D eigenvalue weighted by Crippen LogP contribution is 2.02. The van der Waals surface area contributed by atoms with Crippen LogP contribution in [0.4, 0.5) is 0 Å². The minimum absolute atomic E-state index is 1.06. The lowest BCUT2D eigenvalue weighted by molar-refractivity contribution is 1.06. The monoisotopic (exact) mass is 223 g/mol. The first kappa shape index (κ1) is 7.74. The molecule has 0 fully saturated rings. The van der Waals surface area contributed by atoms with Crippen molar-refractivity contribution in [3.8, 4) is 0 Å². The van der Waals surface area contributed by atoms with Crippen molar-refractivity contribution >= 4 is 29.3 Å². The summed E-state index contributed by atoms with van der Waals surface area (Å²) >= 11 is 2.13. The maximum Gasteiger partial charge on any atom is 0.0603 e. The van der Waals surface area contributed by atoms with E-state index in [0.717, 1.165) is 3.58 Å². The summed E-state index contributed by atoms with van der Waals surface area (Å²) in [6.45, 7) is 5.03. The van der Waals surface area contributed by atoms with Crippen molar-refractivity contribution in [3.63, 3.8) is 0 Å². The van der Waals surface area contributed by atoms with E-state index in [1.165, 1.54) is 0 Å². The Balaban J connectivity index is 3.57. The smallest absolute Gasteiger partial charge is 0.0603 e. The summed E-state index contributed by atoms with van der Waals surface area (Å²) in [5.74, 6) is 0. The van der Waals surface area contributed by atoms with Crippen LogP contribution in [0.5, 0.6) is 0 Å². The average Bonchev–Trinajstić information content (AvgIpc) is 1.66. The molecule has 0 N–H and O–H groups in total. The molecule has 3 nitrogen and oxygen atoms in total. The Morgan fingerprint density at radius 1 is 1.75 bits per heavy atom. The van der Waals surface area contributed by atoms with Crippen LogP contribution < -0.4 is 0 Å². The molecular formula is C4H6IN3. The number of rotatable bonds is 2. The predicted molar refractivity (Wildman–Crippen MR) is 42.2 cm³/mol. The summed E-state index contributed by atoms with van der Waals surface area (Å²) in [5, 5.41) is 9.95. The Kier molecular flexibility index (Phi) is 4.73. The van der Waals surface area contributed by atoms with E-state index in [1.807, 2.05) is 6.92 Å². The molecule has 0 heterocycles. The average molecular weight is 223 g/mol. The van der Waals surface area contributed by atoms with Gasteiger partial charge in [-0.3, -0.25) is 0 Å². The molecule has 0 radical (unpaired) electrons. The molecule has 0 amide bonds. The van der Waals surface area contributed by atoms with E-state index in [9.17, 15) is 0 Å². The number of hydrogen-bond donors (Lipinski definition) is 0. The Morgan fingerprint density at radius 2 is 2.38 bits per heavy atom. The molecule has 0 aliphatic carbocycles. The van der Waals surface area contributed by atoms with E-state index in [0.29, 0.717) is 0 Å². The molecule has 0 saturated heterocycles. The Morgan fingerprint density at radius 3 is 2.75 bits per heavy atom. The second kappa shape index (κ2) is 4.89. The van der Waals surface area contributed by atoms with Crippen molar-refractivity contribution < 1.29 is 0 Å². The van der Waals surface area contributed by atoms with Crippen LogP contribution in [-0.4, -0.2) is 6.72 Å². The fourth-order valence-corrected chi connectivity index (χ4v) is 0.266. The fourth-order valence-electron chi connectivity index (χ4n) is 0.142. The van der Waals surface area contributed by atoms with Crippen LogP contribution in [0.3, 0.4) is 0 Å². The van der Waals surface area contributed by atoms with Crippen LogP contribution in [0.15, 0.2) is 25.2 Å². The number of hydrogen-bond acceptors (Lipinski definition) is 2. The number of halogens is 1. The maximum atomic E-state index is 3.52. The fraction of sp³-hybridized carbons (Fsp3) is 0.250. The molecule has 4 heteroatoms. The van der Waals surface area contributed by atoms with Gasteiger partial charge in [0.2, 0.25) is 0 Å². The summed E-state index contributed by atoms with van der Waals surface area (Å²) < 4.78 is 1.06. The quantitative estimate of drug-likeness (QED) is 0.298. The van der Waals surface area contributed by atoms with Gasteiger partial charge in [0.25, 0.3) is 0 Å². The lowest BCUT2D eigenvalue weighted by atomic mass is 10.7. The SMILES string of the molecule is C=NN=N/C=C(\C)I. The van der Waals surface area contributed by atoms with E-state index >= 15 is 0 Å². The lowest BCUT2D eigenvalue weighted by Gasteiger charge is -1.74. The largest absolute Gasteiger partial charge is 0.147 e. The zero-order valence-corrected chi connectivity index (χ0v) is 6.66. The van der Waals surface area contributed by atoms with Gasteiger partial charge in [-0.15, -0.1) is 10.2 Å². The van der Waals surface area contributed by atoms with E-state index < -0.39 is 0 Å². The summed E-state index contributed by atoms with van der Waals surface area (Å²) in [5.41, 5.74) is 0. The van der Waals surface area contributed by atoms with Gasteiger partial charge in [-0.2, -0.15) is 0 Å². The standard InChI is InChI=1S/C4H6IN3/c1-4(5)3-7-8-6-2/h3H,2H2,1H3/b4-3+,8-7?. The third-order valence-electron chi connectivity index (χ3n) is 0.351. The Hall–Kier alpha value is -0.260. The highest BCUT2D eigenvalue weighted by atomic mass is 127. The summed E-state index contributed by atoms with van der Waals surface area (Å²) in [4.78, 5) is 0. The molecule has 8 heavy (non-hydrogen) atoms. The molecule has 44 valence electrons. The first-order chi connectivity index (χ1) is 3.77. The molecule has 0 spiro atoms. The van der Waals surface area contributed by atoms with Crippen LogP contribution in [0.2, 0.25) is 0 Å². The zero-order chi connectivity index (χ0) is 6.41. The highest BCUT2D eigenvalue weighted by molar-refractivity contribution is 14.1. The molecule has 0 unspecified atom stereocenters. The van der Waals surface area contributed by atoms with Gasteiger partial charge in [0.15, 0.2) is 0 Å². The van der Waals surface area contributed by atoms with Crippen molar-refractivity contribution in [1.29, 1.82) is 0 Å². The number of allylic oxidation sites excluding steroid dienone is 1. The molecule has 0 rings (SSSR count). The van der Waals surface area contributed by atoms with E-state index in [4.69, 9.17) is 0 Å². The molecule has 0 aromatic heterocycles. The van der Waals surface area contributed by atoms with Gasteiger partial charge in [-0.25, -0.2) is 0 Å². The van der Waals surface area contributed by atoms with E-state index in [2.05, 4.69) is 44.7 Å². The van der Waals surface area contributed by atoms with Crippen molar-refractivity contribution in [2.45, 2.75) is 6.92 Å². The normalized spacial score (nSPS) is 12.5. The maximum absolute atomic E-state index is 3.52. The van der Waals surface area contributed by atoms with Gasteiger partial charge in [0.1, 0.15) is 0 Å². The third-order valence-corrected chi connectivity index (χ3v) is 0.629. The second-order valence-electron chi connectivity index (χ2n) is 1.06. The molecule has 0 saturated carbocycles. The minimum Gasteiger partial charge on any atom is -0.147 e. The van der Waals surface area contributed by atoms with Crippen LogP contribution >= 0.6 is 22.6 Å². The summed E-state index contributed by atoms with van der Waals surface area (Å²) in [7, 11) is 0.